The second kappa shape index (κ2) is 7.04. The van der Waals surface area contributed by atoms with E-state index in [-0.39, 0.29) is 12.2 Å². The molecule has 1 aromatic rings. The first kappa shape index (κ1) is 15.4. The number of esters is 1. The van der Waals surface area contributed by atoms with Crippen LogP contribution >= 0.6 is 15.9 Å². The van der Waals surface area contributed by atoms with Crippen molar-refractivity contribution in [3.8, 4) is 5.75 Å². The number of Topliss-reactive ketones (excluding diaryl/α,β-unsaturated/α-hetero) is 2. The monoisotopic (exact) mass is 328 g/mol. The SMILES string of the molecule is CCOC(=O)C(=O)CC(=O)c1ccc(Br)cc1OC. The molecule has 0 atom stereocenters. The molecule has 0 aromatic heterocycles. The molecule has 0 aliphatic carbocycles. The fourth-order valence-corrected chi connectivity index (χ4v) is 1.76. The lowest BCUT2D eigenvalue weighted by Gasteiger charge is -2.07. The van der Waals surface area contributed by atoms with Crippen molar-refractivity contribution in [3.05, 3.63) is 28.2 Å². The van der Waals surface area contributed by atoms with Crippen LogP contribution in [0.3, 0.4) is 0 Å². The van der Waals surface area contributed by atoms with Gasteiger partial charge in [0.2, 0.25) is 5.78 Å². The van der Waals surface area contributed by atoms with Gasteiger partial charge in [-0.3, -0.25) is 9.59 Å². The summed E-state index contributed by atoms with van der Waals surface area (Å²) >= 11 is 3.25. The van der Waals surface area contributed by atoms with Gasteiger partial charge in [0.25, 0.3) is 0 Å². The lowest BCUT2D eigenvalue weighted by molar-refractivity contribution is -0.153. The van der Waals surface area contributed by atoms with Crippen LogP contribution in [0, 0.1) is 0 Å². The Morgan fingerprint density at radius 1 is 1.26 bits per heavy atom. The van der Waals surface area contributed by atoms with Gasteiger partial charge in [-0.2, -0.15) is 0 Å². The second-order valence-electron chi connectivity index (χ2n) is 3.59. The van der Waals surface area contributed by atoms with Gasteiger partial charge in [-0.1, -0.05) is 15.9 Å². The summed E-state index contributed by atoms with van der Waals surface area (Å²) < 4.78 is 10.3. The lowest BCUT2D eigenvalue weighted by Crippen LogP contribution is -2.20. The first-order chi connectivity index (χ1) is 8.99. The highest BCUT2D eigenvalue weighted by atomic mass is 79.9. The van der Waals surface area contributed by atoms with Crippen LogP contribution in [-0.4, -0.2) is 31.3 Å². The van der Waals surface area contributed by atoms with Crippen molar-refractivity contribution in [1.29, 1.82) is 0 Å². The van der Waals surface area contributed by atoms with Crippen LogP contribution < -0.4 is 4.74 Å². The van der Waals surface area contributed by atoms with Gasteiger partial charge < -0.3 is 9.47 Å². The maximum absolute atomic E-state index is 11.9. The number of carbonyl (C=O) groups excluding carboxylic acids is 3. The molecule has 0 N–H and O–H groups in total. The standard InChI is InChI=1S/C13H13BrO5/c1-3-19-13(17)11(16)7-10(15)9-5-4-8(14)6-12(9)18-2/h4-6H,3,7H2,1-2H3. The maximum atomic E-state index is 11.9. The van der Waals surface area contributed by atoms with Crippen molar-refractivity contribution in [3.63, 3.8) is 0 Å². The number of ether oxygens (including phenoxy) is 2. The zero-order chi connectivity index (χ0) is 14.4. The molecule has 6 heteroatoms. The van der Waals surface area contributed by atoms with E-state index in [4.69, 9.17) is 4.74 Å². The van der Waals surface area contributed by atoms with Crippen molar-refractivity contribution in [2.75, 3.05) is 13.7 Å². The Balaban J connectivity index is 2.84. The Hall–Kier alpha value is -1.69. The van der Waals surface area contributed by atoms with Gasteiger partial charge in [-0.25, -0.2) is 4.79 Å². The van der Waals surface area contributed by atoms with Crippen molar-refractivity contribution < 1.29 is 23.9 Å². The Kier molecular flexibility index (Phi) is 5.69. The summed E-state index contributed by atoms with van der Waals surface area (Å²) in [6.07, 6.45) is -0.531. The smallest absolute Gasteiger partial charge is 0.375 e. The topological polar surface area (TPSA) is 69.7 Å². The predicted molar refractivity (Wildman–Crippen MR) is 71.3 cm³/mol. The molecule has 5 nitrogen and oxygen atoms in total. The van der Waals surface area contributed by atoms with Crippen molar-refractivity contribution in [1.82, 2.24) is 0 Å². The molecule has 0 spiro atoms. The van der Waals surface area contributed by atoms with E-state index in [9.17, 15) is 14.4 Å². The molecule has 102 valence electrons. The number of halogens is 1. The fraction of sp³-hybridized carbons (Fsp3) is 0.308. The molecule has 19 heavy (non-hydrogen) atoms. The largest absolute Gasteiger partial charge is 0.496 e. The Bertz CT molecular complexity index is 510. The predicted octanol–water partition coefficient (Wildman–Crippen LogP) is 2.16. The van der Waals surface area contributed by atoms with E-state index in [2.05, 4.69) is 20.7 Å². The summed E-state index contributed by atoms with van der Waals surface area (Å²) in [4.78, 5) is 34.5. The van der Waals surface area contributed by atoms with Crippen LogP contribution in [0.5, 0.6) is 5.75 Å². The number of benzene rings is 1. The molecule has 0 saturated heterocycles. The summed E-state index contributed by atoms with van der Waals surface area (Å²) in [5, 5.41) is 0. The zero-order valence-electron chi connectivity index (χ0n) is 10.6. The van der Waals surface area contributed by atoms with Gasteiger partial charge in [0.1, 0.15) is 5.75 Å². The average Bonchev–Trinajstić information content (AvgIpc) is 2.38. The molecule has 0 bridgehead atoms. The normalized spacial score (nSPS) is 9.84. The van der Waals surface area contributed by atoms with E-state index < -0.39 is 24.0 Å². The third-order valence-electron chi connectivity index (χ3n) is 2.29. The molecule has 0 unspecified atom stereocenters. The molecule has 0 fully saturated rings. The van der Waals surface area contributed by atoms with Crippen LogP contribution in [0.2, 0.25) is 0 Å². The summed E-state index contributed by atoms with van der Waals surface area (Å²) in [5.74, 6) is -2.00. The summed E-state index contributed by atoms with van der Waals surface area (Å²) in [5.41, 5.74) is 0.253. The summed E-state index contributed by atoms with van der Waals surface area (Å²) in [7, 11) is 1.42. The van der Waals surface area contributed by atoms with Gasteiger partial charge in [0.15, 0.2) is 5.78 Å². The van der Waals surface area contributed by atoms with E-state index in [1.54, 1.807) is 19.1 Å². The Labute approximate surface area is 119 Å². The maximum Gasteiger partial charge on any atom is 0.375 e. The number of rotatable bonds is 6. The van der Waals surface area contributed by atoms with E-state index in [0.717, 1.165) is 4.47 Å². The molecule has 0 aliphatic heterocycles. The first-order valence-corrected chi connectivity index (χ1v) is 6.35. The van der Waals surface area contributed by atoms with E-state index in [1.165, 1.54) is 13.2 Å². The summed E-state index contributed by atoms with van der Waals surface area (Å²) in [6.45, 7) is 1.69. The van der Waals surface area contributed by atoms with Crippen LogP contribution in [-0.2, 0) is 14.3 Å². The minimum atomic E-state index is -0.994. The second-order valence-corrected chi connectivity index (χ2v) is 4.50. The Morgan fingerprint density at radius 3 is 2.53 bits per heavy atom. The minimum absolute atomic E-state index is 0.0976. The van der Waals surface area contributed by atoms with Crippen LogP contribution in [0.1, 0.15) is 23.7 Å². The molecule has 0 aliphatic rings. The highest BCUT2D eigenvalue weighted by molar-refractivity contribution is 9.10. The highest BCUT2D eigenvalue weighted by Crippen LogP contribution is 2.24. The number of methoxy groups -OCH3 is 1. The van der Waals surface area contributed by atoms with E-state index in [1.807, 2.05) is 0 Å². The van der Waals surface area contributed by atoms with Gasteiger partial charge >= 0.3 is 5.97 Å². The molecule has 0 saturated carbocycles. The van der Waals surface area contributed by atoms with Crippen LogP contribution in [0.25, 0.3) is 0 Å². The molecule has 0 radical (unpaired) electrons. The van der Waals surface area contributed by atoms with Gasteiger partial charge in [0, 0.05) is 4.47 Å². The van der Waals surface area contributed by atoms with Crippen molar-refractivity contribution in [2.45, 2.75) is 13.3 Å². The van der Waals surface area contributed by atoms with Gasteiger partial charge in [0.05, 0.1) is 25.7 Å². The molecule has 1 rings (SSSR count). The number of hydrogen-bond acceptors (Lipinski definition) is 5. The average molecular weight is 329 g/mol. The molecular weight excluding hydrogens is 316 g/mol. The van der Waals surface area contributed by atoms with Crippen LogP contribution in [0.4, 0.5) is 0 Å². The third kappa shape index (κ3) is 4.17. The van der Waals surface area contributed by atoms with E-state index >= 15 is 0 Å². The van der Waals surface area contributed by atoms with Crippen molar-refractivity contribution >= 4 is 33.5 Å². The van der Waals surface area contributed by atoms with Crippen molar-refractivity contribution in [2.24, 2.45) is 0 Å². The zero-order valence-corrected chi connectivity index (χ0v) is 12.2. The Morgan fingerprint density at radius 2 is 1.95 bits per heavy atom. The fourth-order valence-electron chi connectivity index (χ4n) is 1.42. The molecule has 0 heterocycles. The molecular formula is C13H13BrO5. The molecule has 1 aromatic carbocycles. The third-order valence-corrected chi connectivity index (χ3v) is 2.78. The minimum Gasteiger partial charge on any atom is -0.496 e. The van der Waals surface area contributed by atoms with E-state index in [0.29, 0.717) is 5.75 Å². The molecule has 0 amide bonds. The first-order valence-electron chi connectivity index (χ1n) is 5.56. The van der Waals surface area contributed by atoms with Gasteiger partial charge in [-0.15, -0.1) is 0 Å². The van der Waals surface area contributed by atoms with Gasteiger partial charge in [-0.05, 0) is 25.1 Å². The van der Waals surface area contributed by atoms with Crippen LogP contribution in [0.15, 0.2) is 22.7 Å². The quantitative estimate of drug-likeness (QED) is 0.346. The summed E-state index contributed by atoms with van der Waals surface area (Å²) in [6, 6.07) is 4.80. The number of ketones is 2. The number of hydrogen-bond donors (Lipinski definition) is 0. The highest BCUT2D eigenvalue weighted by Gasteiger charge is 2.22. The number of carbonyl (C=O) groups is 3. The lowest BCUT2D eigenvalue weighted by atomic mass is 10.1.